The second-order valence-corrected chi connectivity index (χ2v) is 7.62. The quantitative estimate of drug-likeness (QED) is 0.918. The smallest absolute Gasteiger partial charge is 0.121 e. The molecule has 3 rings (SSSR count). The topological polar surface area (TPSA) is 41.9 Å². The molecule has 1 unspecified atom stereocenters. The van der Waals surface area contributed by atoms with Crippen LogP contribution in [-0.2, 0) is 11.3 Å². The minimum atomic E-state index is -0.520. The van der Waals surface area contributed by atoms with Gasteiger partial charge in [0.15, 0.2) is 0 Å². The fourth-order valence-corrected chi connectivity index (χ4v) is 4.24. The van der Waals surface area contributed by atoms with Gasteiger partial charge in [0, 0.05) is 26.1 Å². The molecule has 0 aliphatic carbocycles. The molecule has 1 spiro atoms. The van der Waals surface area contributed by atoms with Crippen LogP contribution in [0, 0.1) is 6.92 Å². The Bertz CT molecular complexity index is 566. The van der Waals surface area contributed by atoms with Gasteiger partial charge in [-0.3, -0.25) is 4.90 Å². The molecular weight excluding hydrogens is 302 g/mol. The van der Waals surface area contributed by atoms with E-state index in [1.807, 2.05) is 0 Å². The van der Waals surface area contributed by atoms with Gasteiger partial charge in [-0.25, -0.2) is 0 Å². The molecule has 0 amide bonds. The number of nitrogens with zero attached hydrogens (tertiary/aromatic N) is 1. The van der Waals surface area contributed by atoms with Crippen molar-refractivity contribution in [1.82, 2.24) is 4.90 Å². The molecule has 134 valence electrons. The van der Waals surface area contributed by atoms with Gasteiger partial charge >= 0.3 is 0 Å². The van der Waals surface area contributed by atoms with E-state index >= 15 is 0 Å². The van der Waals surface area contributed by atoms with E-state index in [0.717, 1.165) is 57.5 Å². The average Bonchev–Trinajstić information content (AvgIpc) is 2.57. The monoisotopic (exact) mass is 333 g/mol. The van der Waals surface area contributed by atoms with Gasteiger partial charge in [-0.05, 0) is 49.8 Å². The highest BCUT2D eigenvalue weighted by Crippen LogP contribution is 2.41. The van der Waals surface area contributed by atoms with Gasteiger partial charge in [-0.1, -0.05) is 19.1 Å². The van der Waals surface area contributed by atoms with E-state index in [9.17, 15) is 5.11 Å². The maximum absolute atomic E-state index is 10.7. The van der Waals surface area contributed by atoms with Crippen molar-refractivity contribution < 1.29 is 14.6 Å². The molecule has 1 atom stereocenters. The second-order valence-electron chi connectivity index (χ2n) is 7.62. The lowest BCUT2D eigenvalue weighted by Gasteiger charge is -2.49. The summed E-state index contributed by atoms with van der Waals surface area (Å²) in [7, 11) is 1.72. The standard InChI is InChI=1S/C20H31NO3/c1-4-19(22)9-12-24-20(15-19)7-10-21(11-8-20)14-17-5-6-18(23-3)16(2)13-17/h5-6,13,22H,4,7-12,14-15H2,1-3H3. The number of aliphatic hydroxyl groups is 1. The highest BCUT2D eigenvalue weighted by atomic mass is 16.5. The number of hydrogen-bond donors (Lipinski definition) is 1. The number of aryl methyl sites for hydroxylation is 1. The molecule has 4 heteroatoms. The van der Waals surface area contributed by atoms with Crippen molar-refractivity contribution >= 4 is 0 Å². The Morgan fingerprint density at radius 1 is 1.25 bits per heavy atom. The molecule has 0 saturated carbocycles. The SMILES string of the molecule is CCC1(O)CCOC2(CCN(Cc3ccc(OC)c(C)c3)CC2)C1. The molecule has 2 fully saturated rings. The van der Waals surface area contributed by atoms with E-state index in [1.165, 1.54) is 11.1 Å². The second kappa shape index (κ2) is 7.03. The Labute approximate surface area is 145 Å². The Morgan fingerprint density at radius 3 is 2.62 bits per heavy atom. The Morgan fingerprint density at radius 2 is 2.00 bits per heavy atom. The van der Waals surface area contributed by atoms with Crippen molar-refractivity contribution in [2.45, 2.75) is 63.7 Å². The molecule has 4 nitrogen and oxygen atoms in total. The molecule has 0 radical (unpaired) electrons. The van der Waals surface area contributed by atoms with Gasteiger partial charge < -0.3 is 14.6 Å². The molecule has 1 N–H and O–H groups in total. The Hall–Kier alpha value is -1.10. The molecule has 0 bridgehead atoms. The molecule has 24 heavy (non-hydrogen) atoms. The van der Waals surface area contributed by atoms with Crippen LogP contribution in [0.5, 0.6) is 5.75 Å². The first-order valence-electron chi connectivity index (χ1n) is 9.20. The van der Waals surface area contributed by atoms with Crippen LogP contribution in [0.1, 0.15) is 50.2 Å². The van der Waals surface area contributed by atoms with Crippen LogP contribution >= 0.6 is 0 Å². The van der Waals surface area contributed by atoms with E-state index in [1.54, 1.807) is 7.11 Å². The van der Waals surface area contributed by atoms with Crippen LogP contribution in [0.25, 0.3) is 0 Å². The molecule has 2 aliphatic rings. The predicted molar refractivity (Wildman–Crippen MR) is 95.4 cm³/mol. The largest absolute Gasteiger partial charge is 0.496 e. The molecule has 2 saturated heterocycles. The average molecular weight is 333 g/mol. The van der Waals surface area contributed by atoms with E-state index in [-0.39, 0.29) is 5.60 Å². The maximum atomic E-state index is 10.7. The minimum absolute atomic E-state index is 0.102. The van der Waals surface area contributed by atoms with Gasteiger partial charge in [0.25, 0.3) is 0 Å². The third-order valence-corrected chi connectivity index (χ3v) is 5.92. The lowest BCUT2D eigenvalue weighted by atomic mass is 9.76. The van der Waals surface area contributed by atoms with Crippen molar-refractivity contribution in [3.63, 3.8) is 0 Å². The van der Waals surface area contributed by atoms with Crippen molar-refractivity contribution in [2.24, 2.45) is 0 Å². The third kappa shape index (κ3) is 3.76. The highest BCUT2D eigenvalue weighted by Gasteiger charge is 2.45. The first-order valence-corrected chi connectivity index (χ1v) is 9.20. The van der Waals surface area contributed by atoms with Crippen LogP contribution in [0.3, 0.4) is 0 Å². The number of likely N-dealkylation sites (tertiary alicyclic amines) is 1. The number of benzene rings is 1. The lowest BCUT2D eigenvalue weighted by molar-refractivity contribution is -0.179. The first-order chi connectivity index (χ1) is 11.5. The number of rotatable bonds is 4. The van der Waals surface area contributed by atoms with Crippen molar-refractivity contribution in [3.8, 4) is 5.75 Å². The normalized spacial score (nSPS) is 27.3. The van der Waals surface area contributed by atoms with Crippen LogP contribution in [0.4, 0.5) is 0 Å². The van der Waals surface area contributed by atoms with Gasteiger partial charge in [-0.2, -0.15) is 0 Å². The zero-order valence-electron chi connectivity index (χ0n) is 15.3. The summed E-state index contributed by atoms with van der Waals surface area (Å²) in [5, 5.41) is 10.7. The van der Waals surface area contributed by atoms with Crippen LogP contribution in [0.15, 0.2) is 18.2 Å². The third-order valence-electron chi connectivity index (χ3n) is 5.92. The van der Waals surface area contributed by atoms with Crippen molar-refractivity contribution in [2.75, 3.05) is 26.8 Å². The summed E-state index contributed by atoms with van der Waals surface area (Å²) >= 11 is 0. The van der Waals surface area contributed by atoms with Gasteiger partial charge in [0.05, 0.1) is 24.9 Å². The number of methoxy groups -OCH3 is 1. The van der Waals surface area contributed by atoms with Crippen LogP contribution < -0.4 is 4.74 Å². The first kappa shape index (κ1) is 17.7. The summed E-state index contributed by atoms with van der Waals surface area (Å²) < 4.78 is 11.5. The summed E-state index contributed by atoms with van der Waals surface area (Å²) in [6, 6.07) is 6.43. The molecule has 1 aromatic rings. The summed E-state index contributed by atoms with van der Waals surface area (Å²) in [5.74, 6) is 0.950. The number of ether oxygens (including phenoxy) is 2. The summed E-state index contributed by atoms with van der Waals surface area (Å²) in [4.78, 5) is 2.50. The maximum Gasteiger partial charge on any atom is 0.121 e. The van der Waals surface area contributed by atoms with E-state index in [0.29, 0.717) is 6.61 Å². The molecule has 1 aromatic carbocycles. The molecule has 0 aromatic heterocycles. The number of piperidine rings is 1. The van der Waals surface area contributed by atoms with E-state index in [2.05, 4.69) is 36.9 Å². The highest BCUT2D eigenvalue weighted by molar-refractivity contribution is 5.36. The predicted octanol–water partition coefficient (Wildman–Crippen LogP) is 3.29. The minimum Gasteiger partial charge on any atom is -0.496 e. The zero-order chi connectivity index (χ0) is 17.2. The fourth-order valence-electron chi connectivity index (χ4n) is 4.24. The van der Waals surface area contributed by atoms with E-state index < -0.39 is 5.60 Å². The van der Waals surface area contributed by atoms with Gasteiger partial charge in [-0.15, -0.1) is 0 Å². The molecule has 2 aliphatic heterocycles. The summed E-state index contributed by atoms with van der Waals surface area (Å²) in [6.07, 6.45) is 4.44. The van der Waals surface area contributed by atoms with Crippen molar-refractivity contribution in [3.05, 3.63) is 29.3 Å². The molecule has 2 heterocycles. The Kier molecular flexibility index (Phi) is 5.19. The van der Waals surface area contributed by atoms with Crippen LogP contribution in [0.2, 0.25) is 0 Å². The lowest BCUT2D eigenvalue weighted by Crippen LogP contribution is -2.54. The number of hydrogen-bond acceptors (Lipinski definition) is 4. The fraction of sp³-hybridized carbons (Fsp3) is 0.700. The molecular formula is C20H31NO3. The van der Waals surface area contributed by atoms with Crippen LogP contribution in [-0.4, -0.2) is 48.0 Å². The summed E-state index contributed by atoms with van der Waals surface area (Å²) in [6.45, 7) is 7.91. The Balaban J connectivity index is 1.58. The zero-order valence-corrected chi connectivity index (χ0v) is 15.3. The van der Waals surface area contributed by atoms with Gasteiger partial charge in [0.2, 0.25) is 0 Å². The van der Waals surface area contributed by atoms with E-state index in [4.69, 9.17) is 9.47 Å². The van der Waals surface area contributed by atoms with Gasteiger partial charge in [0.1, 0.15) is 5.75 Å². The van der Waals surface area contributed by atoms with Crippen molar-refractivity contribution in [1.29, 1.82) is 0 Å². The summed E-state index contributed by atoms with van der Waals surface area (Å²) in [5.41, 5.74) is 1.90.